The van der Waals surface area contributed by atoms with Gasteiger partial charge < -0.3 is 4.74 Å². The predicted octanol–water partition coefficient (Wildman–Crippen LogP) is 5.35. The van der Waals surface area contributed by atoms with Gasteiger partial charge in [-0.05, 0) is 55.8 Å². The van der Waals surface area contributed by atoms with Gasteiger partial charge in [0.15, 0.2) is 0 Å². The molecule has 0 saturated heterocycles. The van der Waals surface area contributed by atoms with Crippen LogP contribution in [-0.2, 0) is 16.6 Å². The molecule has 4 rings (SSSR count). The number of anilines is 1. The maximum Gasteiger partial charge on any atom is 0.308 e. The third-order valence-corrected chi connectivity index (χ3v) is 7.40. The van der Waals surface area contributed by atoms with Gasteiger partial charge in [-0.3, -0.25) is 14.1 Å². The lowest BCUT2D eigenvalue weighted by Gasteiger charge is -2.15. The number of nitrogens with zero attached hydrogens (tertiary/aromatic N) is 1. The van der Waals surface area contributed by atoms with Crippen molar-refractivity contribution in [2.24, 2.45) is 0 Å². The van der Waals surface area contributed by atoms with Crippen LogP contribution in [-0.4, -0.2) is 19.1 Å². The van der Waals surface area contributed by atoms with Crippen molar-refractivity contribution in [2.75, 3.05) is 4.72 Å². The normalized spacial score (nSPS) is 11.8. The zero-order valence-electron chi connectivity index (χ0n) is 17.4. The lowest BCUT2D eigenvalue weighted by molar-refractivity contribution is 0.244. The average molecular weight is 489 g/mol. The van der Waals surface area contributed by atoms with Crippen LogP contribution in [0.5, 0.6) is 5.75 Å². The van der Waals surface area contributed by atoms with Crippen LogP contribution >= 0.6 is 22.9 Å². The van der Waals surface area contributed by atoms with E-state index in [0.29, 0.717) is 33.2 Å². The van der Waals surface area contributed by atoms with E-state index in [0.717, 1.165) is 16.9 Å². The van der Waals surface area contributed by atoms with Gasteiger partial charge >= 0.3 is 4.87 Å². The Kier molecular flexibility index (Phi) is 6.28. The van der Waals surface area contributed by atoms with E-state index in [1.807, 2.05) is 32.0 Å². The molecule has 9 heteroatoms. The molecule has 0 fully saturated rings. The number of fused-ring (bicyclic) bond motifs is 1. The van der Waals surface area contributed by atoms with Crippen LogP contribution in [0.15, 0.2) is 76.4 Å². The van der Waals surface area contributed by atoms with E-state index in [1.165, 1.54) is 12.1 Å². The van der Waals surface area contributed by atoms with Crippen LogP contribution in [0.4, 0.5) is 5.69 Å². The molecule has 6 nitrogen and oxygen atoms in total. The summed E-state index contributed by atoms with van der Waals surface area (Å²) in [6.07, 6.45) is -0.104. The van der Waals surface area contributed by atoms with Crippen molar-refractivity contribution in [3.8, 4) is 5.75 Å². The van der Waals surface area contributed by atoms with Crippen LogP contribution < -0.4 is 14.3 Å². The Balaban J connectivity index is 1.68. The minimum Gasteiger partial charge on any atom is -0.489 e. The molecule has 3 aromatic carbocycles. The van der Waals surface area contributed by atoms with Crippen LogP contribution in [0.3, 0.4) is 0 Å². The van der Waals surface area contributed by atoms with E-state index in [9.17, 15) is 13.2 Å². The van der Waals surface area contributed by atoms with Crippen molar-refractivity contribution < 1.29 is 13.2 Å². The lowest BCUT2D eigenvalue weighted by atomic mass is 10.2. The molecule has 0 aliphatic heterocycles. The number of rotatable bonds is 7. The molecule has 0 aliphatic carbocycles. The second-order valence-corrected chi connectivity index (χ2v) is 10.5. The first-order valence-corrected chi connectivity index (χ1v) is 12.6. The minimum atomic E-state index is -3.89. The van der Waals surface area contributed by atoms with E-state index in [4.69, 9.17) is 16.3 Å². The van der Waals surface area contributed by atoms with Crippen LogP contribution in [0.2, 0.25) is 5.02 Å². The molecule has 0 aliphatic rings. The quantitative estimate of drug-likeness (QED) is 0.380. The van der Waals surface area contributed by atoms with Gasteiger partial charge in [-0.2, -0.15) is 0 Å². The summed E-state index contributed by atoms with van der Waals surface area (Å²) in [5.41, 5.74) is 1.82. The number of ether oxygens (including phenoxy) is 1. The second kappa shape index (κ2) is 8.97. The zero-order chi connectivity index (χ0) is 22.9. The van der Waals surface area contributed by atoms with Crippen molar-refractivity contribution >= 4 is 48.9 Å². The molecule has 0 spiro atoms. The fourth-order valence-electron chi connectivity index (χ4n) is 3.27. The van der Waals surface area contributed by atoms with Crippen molar-refractivity contribution in [2.45, 2.75) is 31.4 Å². The number of para-hydroxylation sites is 2. The van der Waals surface area contributed by atoms with Gasteiger partial charge in [0.25, 0.3) is 10.0 Å². The number of benzene rings is 3. The first-order chi connectivity index (χ1) is 15.2. The Labute approximate surface area is 195 Å². The molecular weight excluding hydrogens is 468 g/mol. The highest BCUT2D eigenvalue weighted by atomic mass is 35.5. The van der Waals surface area contributed by atoms with Crippen LogP contribution in [0.25, 0.3) is 10.2 Å². The summed E-state index contributed by atoms with van der Waals surface area (Å²) in [6.45, 7) is 4.05. The van der Waals surface area contributed by atoms with Crippen molar-refractivity contribution in [1.82, 2.24) is 4.57 Å². The van der Waals surface area contributed by atoms with Gasteiger partial charge in [-0.1, -0.05) is 53.3 Å². The van der Waals surface area contributed by atoms with E-state index >= 15 is 0 Å². The van der Waals surface area contributed by atoms with Crippen molar-refractivity contribution in [3.63, 3.8) is 0 Å². The Hall–Kier alpha value is -2.81. The lowest BCUT2D eigenvalue weighted by Crippen LogP contribution is -2.15. The fourth-order valence-corrected chi connectivity index (χ4v) is 5.57. The summed E-state index contributed by atoms with van der Waals surface area (Å²) in [5.74, 6) is 0.447. The third-order valence-electron chi connectivity index (χ3n) is 4.73. The number of halogens is 1. The van der Waals surface area contributed by atoms with Gasteiger partial charge in [0, 0.05) is 5.02 Å². The van der Waals surface area contributed by atoms with Gasteiger partial charge in [-0.25, -0.2) is 8.42 Å². The monoisotopic (exact) mass is 488 g/mol. The van der Waals surface area contributed by atoms with Gasteiger partial charge in [0.05, 0.1) is 33.4 Å². The summed E-state index contributed by atoms with van der Waals surface area (Å²) in [4.78, 5) is 12.5. The van der Waals surface area contributed by atoms with Crippen molar-refractivity contribution in [3.05, 3.63) is 87.0 Å². The number of thiazole rings is 1. The molecule has 0 bridgehead atoms. The molecule has 0 atom stereocenters. The Morgan fingerprint density at radius 1 is 1.06 bits per heavy atom. The van der Waals surface area contributed by atoms with E-state index in [-0.39, 0.29) is 15.9 Å². The average Bonchev–Trinajstić information content (AvgIpc) is 3.05. The number of sulfonamides is 1. The van der Waals surface area contributed by atoms with Gasteiger partial charge in [-0.15, -0.1) is 0 Å². The SMILES string of the molecule is CC(C)Oc1ccccc1NS(=O)(=O)c1ccc2c(c1)sc(=O)n2Cc1ccccc1Cl. The second-order valence-electron chi connectivity index (χ2n) is 7.44. The first kappa shape index (κ1) is 22.4. The van der Waals surface area contributed by atoms with Crippen LogP contribution in [0.1, 0.15) is 19.4 Å². The molecule has 1 N–H and O–H groups in total. The molecule has 1 heterocycles. The maximum absolute atomic E-state index is 13.0. The topological polar surface area (TPSA) is 77.4 Å². The largest absolute Gasteiger partial charge is 0.489 e. The molecule has 0 amide bonds. The standard InChI is InChI=1S/C23H21ClN2O4S2/c1-15(2)30-21-10-6-5-9-19(21)25-32(28,29)17-11-12-20-22(13-17)31-23(27)26(20)14-16-7-3-4-8-18(16)24/h3-13,15,25H,14H2,1-2H3. The maximum atomic E-state index is 13.0. The Bertz CT molecular complexity index is 1440. The molecule has 166 valence electrons. The molecule has 0 radical (unpaired) electrons. The highest BCUT2D eigenvalue weighted by Gasteiger charge is 2.19. The minimum absolute atomic E-state index is 0.0653. The number of aromatic nitrogens is 1. The smallest absolute Gasteiger partial charge is 0.308 e. The molecule has 0 saturated carbocycles. The summed E-state index contributed by atoms with van der Waals surface area (Å²) < 4.78 is 36.6. The summed E-state index contributed by atoms with van der Waals surface area (Å²) in [5, 5.41) is 0.574. The molecule has 32 heavy (non-hydrogen) atoms. The molecular formula is C23H21ClN2O4S2. The molecule has 4 aromatic rings. The van der Waals surface area contributed by atoms with Crippen molar-refractivity contribution in [1.29, 1.82) is 0 Å². The van der Waals surface area contributed by atoms with Gasteiger partial charge in [0.1, 0.15) is 5.75 Å². The third kappa shape index (κ3) is 4.67. The van der Waals surface area contributed by atoms with E-state index < -0.39 is 10.0 Å². The number of hydrogen-bond donors (Lipinski definition) is 1. The summed E-state index contributed by atoms with van der Waals surface area (Å²) in [7, 11) is -3.89. The predicted molar refractivity (Wildman–Crippen MR) is 130 cm³/mol. The number of hydrogen-bond acceptors (Lipinski definition) is 5. The Morgan fingerprint density at radius 2 is 1.78 bits per heavy atom. The fraction of sp³-hybridized carbons (Fsp3) is 0.174. The first-order valence-electron chi connectivity index (χ1n) is 9.90. The highest BCUT2D eigenvalue weighted by Crippen LogP contribution is 2.29. The van der Waals surface area contributed by atoms with E-state index in [2.05, 4.69) is 4.72 Å². The zero-order valence-corrected chi connectivity index (χ0v) is 19.8. The van der Waals surface area contributed by atoms with E-state index in [1.54, 1.807) is 41.0 Å². The Morgan fingerprint density at radius 3 is 2.53 bits per heavy atom. The molecule has 0 unspecified atom stereocenters. The highest BCUT2D eigenvalue weighted by molar-refractivity contribution is 7.92. The van der Waals surface area contributed by atoms with Crippen LogP contribution in [0, 0.1) is 0 Å². The van der Waals surface area contributed by atoms with Gasteiger partial charge in [0.2, 0.25) is 0 Å². The summed E-state index contributed by atoms with van der Waals surface area (Å²) in [6, 6.07) is 18.8. The summed E-state index contributed by atoms with van der Waals surface area (Å²) >= 11 is 7.24. The molecule has 1 aromatic heterocycles. The number of nitrogens with one attached hydrogen (secondary N) is 1.